The number of anilines is 1. The Morgan fingerprint density at radius 1 is 1.37 bits per heavy atom. The molecule has 1 aromatic rings. The van der Waals surface area contributed by atoms with Crippen molar-refractivity contribution in [1.82, 2.24) is 4.72 Å². The van der Waals surface area contributed by atoms with Crippen LogP contribution in [0.25, 0.3) is 0 Å². The average Bonchev–Trinajstić information content (AvgIpc) is 2.63. The molecule has 0 aromatic heterocycles. The van der Waals surface area contributed by atoms with Crippen LogP contribution in [-0.4, -0.2) is 20.9 Å². The van der Waals surface area contributed by atoms with Crippen LogP contribution in [-0.2, 0) is 14.8 Å². The minimum atomic E-state index is -3.51. The Balaban J connectivity index is 2.31. The SMILES string of the molecule is CC(C)CNS(=O)(=O)c1ccc2c(c1)[C@@H](C)C(=O)N2. The standard InChI is InChI=1S/C13H18N2O3S/c1-8(2)7-14-19(17,18)10-4-5-12-11(6-10)9(3)13(16)15-12/h4-6,8-9,14H,7H2,1-3H3,(H,15,16)/t9-/m1/s1. The van der Waals surface area contributed by atoms with Crippen LogP contribution in [0, 0.1) is 5.92 Å². The van der Waals surface area contributed by atoms with E-state index in [1.807, 2.05) is 13.8 Å². The molecule has 6 heteroatoms. The van der Waals surface area contributed by atoms with E-state index in [0.717, 1.165) is 5.56 Å². The minimum Gasteiger partial charge on any atom is -0.325 e. The van der Waals surface area contributed by atoms with Gasteiger partial charge in [-0.1, -0.05) is 13.8 Å². The fourth-order valence-corrected chi connectivity index (χ4v) is 3.17. The van der Waals surface area contributed by atoms with Crippen LogP contribution in [0.5, 0.6) is 0 Å². The van der Waals surface area contributed by atoms with Gasteiger partial charge in [0.05, 0.1) is 10.8 Å². The number of nitrogens with one attached hydrogen (secondary N) is 2. The second kappa shape index (κ2) is 4.94. The number of sulfonamides is 1. The maximum atomic E-state index is 12.1. The third kappa shape index (κ3) is 2.79. The summed E-state index contributed by atoms with van der Waals surface area (Å²) in [4.78, 5) is 11.7. The summed E-state index contributed by atoms with van der Waals surface area (Å²) >= 11 is 0. The van der Waals surface area contributed by atoms with Gasteiger partial charge in [0.15, 0.2) is 0 Å². The van der Waals surface area contributed by atoms with Gasteiger partial charge < -0.3 is 5.32 Å². The molecule has 0 fully saturated rings. The van der Waals surface area contributed by atoms with Crippen molar-refractivity contribution < 1.29 is 13.2 Å². The van der Waals surface area contributed by atoms with Crippen molar-refractivity contribution >= 4 is 21.6 Å². The van der Waals surface area contributed by atoms with E-state index in [9.17, 15) is 13.2 Å². The number of carbonyl (C=O) groups is 1. The van der Waals surface area contributed by atoms with Crippen LogP contribution in [0.3, 0.4) is 0 Å². The quantitative estimate of drug-likeness (QED) is 0.882. The van der Waals surface area contributed by atoms with Crippen LogP contribution >= 0.6 is 0 Å². The van der Waals surface area contributed by atoms with Crippen molar-refractivity contribution in [2.45, 2.75) is 31.6 Å². The largest absolute Gasteiger partial charge is 0.325 e. The fraction of sp³-hybridized carbons (Fsp3) is 0.462. The smallest absolute Gasteiger partial charge is 0.240 e. The monoisotopic (exact) mass is 282 g/mol. The predicted molar refractivity (Wildman–Crippen MR) is 73.5 cm³/mol. The molecule has 19 heavy (non-hydrogen) atoms. The second-order valence-corrected chi connectivity index (χ2v) is 6.97. The number of carbonyl (C=O) groups excluding carboxylic acids is 1. The molecule has 0 unspecified atom stereocenters. The molecular formula is C13H18N2O3S. The van der Waals surface area contributed by atoms with Gasteiger partial charge in [-0.15, -0.1) is 0 Å². The Kier molecular flexibility index (Phi) is 3.64. The van der Waals surface area contributed by atoms with Crippen molar-refractivity contribution in [3.63, 3.8) is 0 Å². The molecule has 0 bridgehead atoms. The maximum absolute atomic E-state index is 12.1. The van der Waals surface area contributed by atoms with Crippen LogP contribution in [0.2, 0.25) is 0 Å². The molecule has 0 aliphatic carbocycles. The van der Waals surface area contributed by atoms with Gasteiger partial charge in [0, 0.05) is 12.2 Å². The zero-order valence-electron chi connectivity index (χ0n) is 11.2. The van der Waals surface area contributed by atoms with Crippen molar-refractivity contribution in [3.05, 3.63) is 23.8 Å². The zero-order chi connectivity index (χ0) is 14.2. The first-order valence-electron chi connectivity index (χ1n) is 6.25. The van der Waals surface area contributed by atoms with Crippen LogP contribution < -0.4 is 10.0 Å². The van der Waals surface area contributed by atoms with Gasteiger partial charge in [0.1, 0.15) is 0 Å². The van der Waals surface area contributed by atoms with E-state index in [4.69, 9.17) is 0 Å². The highest BCUT2D eigenvalue weighted by Gasteiger charge is 2.28. The molecular weight excluding hydrogens is 264 g/mol. The Bertz CT molecular complexity index is 608. The van der Waals surface area contributed by atoms with Gasteiger partial charge in [0.25, 0.3) is 0 Å². The first-order valence-corrected chi connectivity index (χ1v) is 7.74. The van der Waals surface area contributed by atoms with E-state index in [0.29, 0.717) is 12.2 Å². The summed E-state index contributed by atoms with van der Waals surface area (Å²) in [7, 11) is -3.51. The molecule has 0 saturated heterocycles. The van der Waals surface area contributed by atoms with Crippen molar-refractivity contribution in [2.75, 3.05) is 11.9 Å². The lowest BCUT2D eigenvalue weighted by molar-refractivity contribution is -0.116. The first kappa shape index (κ1) is 14.0. The molecule has 1 amide bonds. The Morgan fingerprint density at radius 3 is 2.68 bits per heavy atom. The summed E-state index contributed by atoms with van der Waals surface area (Å²) in [5.74, 6) is -0.165. The summed E-state index contributed by atoms with van der Waals surface area (Å²) in [6.45, 7) is 6.04. The Labute approximate surface area is 113 Å². The number of benzene rings is 1. The summed E-state index contributed by atoms with van der Waals surface area (Å²) in [5.41, 5.74) is 1.43. The van der Waals surface area contributed by atoms with Crippen LogP contribution in [0.1, 0.15) is 32.3 Å². The molecule has 2 N–H and O–H groups in total. The summed E-state index contributed by atoms with van der Waals surface area (Å²) < 4.78 is 26.8. The number of hydrogen-bond acceptors (Lipinski definition) is 3. The number of amides is 1. The van der Waals surface area contributed by atoms with Gasteiger partial charge in [-0.25, -0.2) is 13.1 Å². The molecule has 1 aliphatic rings. The van der Waals surface area contributed by atoms with E-state index in [-0.39, 0.29) is 22.6 Å². The summed E-state index contributed by atoms with van der Waals surface area (Å²) in [6.07, 6.45) is 0. The molecule has 1 atom stereocenters. The third-order valence-corrected chi connectivity index (χ3v) is 4.55. The minimum absolute atomic E-state index is 0.0975. The summed E-state index contributed by atoms with van der Waals surface area (Å²) in [5, 5.41) is 2.72. The van der Waals surface area contributed by atoms with Crippen LogP contribution in [0.4, 0.5) is 5.69 Å². The van der Waals surface area contributed by atoms with E-state index in [1.54, 1.807) is 19.1 Å². The fourth-order valence-electron chi connectivity index (χ4n) is 1.92. The molecule has 0 saturated carbocycles. The predicted octanol–water partition coefficient (Wildman–Crippen LogP) is 1.68. The zero-order valence-corrected chi connectivity index (χ0v) is 12.0. The van der Waals surface area contributed by atoms with Crippen molar-refractivity contribution in [2.24, 2.45) is 5.92 Å². The highest BCUT2D eigenvalue weighted by Crippen LogP contribution is 2.33. The van der Waals surface area contributed by atoms with E-state index in [1.165, 1.54) is 6.07 Å². The molecule has 1 aromatic carbocycles. The van der Waals surface area contributed by atoms with Gasteiger partial charge >= 0.3 is 0 Å². The number of rotatable bonds is 4. The first-order chi connectivity index (χ1) is 8.81. The number of fused-ring (bicyclic) bond motifs is 1. The highest BCUT2D eigenvalue weighted by atomic mass is 32.2. The van der Waals surface area contributed by atoms with Gasteiger partial charge in [-0.3, -0.25) is 4.79 Å². The molecule has 0 spiro atoms. The van der Waals surface area contributed by atoms with Crippen molar-refractivity contribution in [3.8, 4) is 0 Å². The lowest BCUT2D eigenvalue weighted by Crippen LogP contribution is -2.27. The molecule has 104 valence electrons. The maximum Gasteiger partial charge on any atom is 0.240 e. The molecule has 2 rings (SSSR count). The molecule has 1 heterocycles. The number of hydrogen-bond donors (Lipinski definition) is 2. The van der Waals surface area contributed by atoms with Gasteiger partial charge in [-0.05, 0) is 36.6 Å². The lowest BCUT2D eigenvalue weighted by Gasteiger charge is -2.10. The molecule has 0 radical (unpaired) electrons. The topological polar surface area (TPSA) is 75.3 Å². The Morgan fingerprint density at radius 2 is 2.05 bits per heavy atom. The van der Waals surface area contributed by atoms with Gasteiger partial charge in [-0.2, -0.15) is 0 Å². The highest BCUT2D eigenvalue weighted by molar-refractivity contribution is 7.89. The van der Waals surface area contributed by atoms with E-state index >= 15 is 0 Å². The summed E-state index contributed by atoms with van der Waals surface area (Å²) in [6, 6.07) is 4.72. The lowest BCUT2D eigenvalue weighted by atomic mass is 10.0. The molecule has 5 nitrogen and oxygen atoms in total. The molecule has 1 aliphatic heterocycles. The third-order valence-electron chi connectivity index (χ3n) is 3.13. The normalized spacial score (nSPS) is 18.5. The van der Waals surface area contributed by atoms with Gasteiger partial charge in [0.2, 0.25) is 15.9 Å². The van der Waals surface area contributed by atoms with E-state index in [2.05, 4.69) is 10.0 Å². The average molecular weight is 282 g/mol. The van der Waals surface area contributed by atoms with Crippen LogP contribution in [0.15, 0.2) is 23.1 Å². The van der Waals surface area contributed by atoms with Crippen molar-refractivity contribution in [1.29, 1.82) is 0 Å². The Hall–Kier alpha value is -1.40. The second-order valence-electron chi connectivity index (χ2n) is 5.21. The van der Waals surface area contributed by atoms with E-state index < -0.39 is 10.0 Å².